The number of nitrogens with one attached hydrogen (secondary N) is 1. The lowest BCUT2D eigenvalue weighted by Crippen LogP contribution is -2.40. The monoisotopic (exact) mass is 290 g/mol. The van der Waals surface area contributed by atoms with Gasteiger partial charge in [-0.25, -0.2) is 0 Å². The molecule has 4 nitrogen and oxygen atoms in total. The number of hydrogen-bond acceptors (Lipinski definition) is 4. The highest BCUT2D eigenvalue weighted by atomic mass is 16.6. The van der Waals surface area contributed by atoms with Crippen LogP contribution < -0.4 is 14.8 Å². The maximum Gasteiger partial charge on any atom is 0.163 e. The van der Waals surface area contributed by atoms with Crippen molar-refractivity contribution in [3.63, 3.8) is 0 Å². The summed E-state index contributed by atoms with van der Waals surface area (Å²) in [6.45, 7) is 9.48. The third-order valence-corrected chi connectivity index (χ3v) is 4.12. The van der Waals surface area contributed by atoms with Gasteiger partial charge in [-0.05, 0) is 30.9 Å². The van der Waals surface area contributed by atoms with E-state index in [0.717, 1.165) is 23.1 Å². The Morgan fingerprint density at radius 2 is 1.86 bits per heavy atom. The van der Waals surface area contributed by atoms with E-state index in [4.69, 9.17) is 9.47 Å². The summed E-state index contributed by atoms with van der Waals surface area (Å²) in [7, 11) is 0. The Labute approximate surface area is 127 Å². The second kappa shape index (κ2) is 6.56. The Kier molecular flexibility index (Phi) is 4.54. The van der Waals surface area contributed by atoms with Gasteiger partial charge in [0.1, 0.15) is 13.2 Å². The first-order valence-electron chi connectivity index (χ1n) is 8.09. The van der Waals surface area contributed by atoms with Crippen molar-refractivity contribution < 1.29 is 9.47 Å². The largest absolute Gasteiger partial charge is 0.486 e. The SMILES string of the molecule is CC(C)CN1CCC(Nc2ccc3c(c2)OCCO3)CC1. The number of benzene rings is 1. The lowest BCUT2D eigenvalue weighted by Gasteiger charge is -2.34. The molecular weight excluding hydrogens is 264 g/mol. The van der Waals surface area contributed by atoms with Crippen LogP contribution in [0, 0.1) is 5.92 Å². The van der Waals surface area contributed by atoms with Gasteiger partial charge in [0.05, 0.1) is 0 Å². The summed E-state index contributed by atoms with van der Waals surface area (Å²) < 4.78 is 11.2. The van der Waals surface area contributed by atoms with Crippen LogP contribution in [-0.4, -0.2) is 43.8 Å². The molecule has 0 bridgehead atoms. The van der Waals surface area contributed by atoms with E-state index in [9.17, 15) is 0 Å². The molecule has 2 heterocycles. The van der Waals surface area contributed by atoms with Crippen molar-refractivity contribution in [1.29, 1.82) is 0 Å². The van der Waals surface area contributed by atoms with Crippen LogP contribution in [-0.2, 0) is 0 Å². The number of fused-ring (bicyclic) bond motifs is 1. The molecule has 0 atom stereocenters. The molecule has 2 aliphatic heterocycles. The molecule has 1 saturated heterocycles. The fraction of sp³-hybridized carbons (Fsp3) is 0.647. The number of nitrogens with zero attached hydrogens (tertiary/aromatic N) is 1. The predicted octanol–water partition coefficient (Wildman–Crippen LogP) is 2.99. The summed E-state index contributed by atoms with van der Waals surface area (Å²) in [5.41, 5.74) is 1.14. The first-order valence-corrected chi connectivity index (χ1v) is 8.09. The third kappa shape index (κ3) is 3.82. The zero-order chi connectivity index (χ0) is 14.7. The number of likely N-dealkylation sites (tertiary alicyclic amines) is 1. The van der Waals surface area contributed by atoms with E-state index in [1.54, 1.807) is 0 Å². The van der Waals surface area contributed by atoms with Gasteiger partial charge in [0.2, 0.25) is 0 Å². The average molecular weight is 290 g/mol. The van der Waals surface area contributed by atoms with Crippen molar-refractivity contribution in [3.05, 3.63) is 18.2 Å². The zero-order valence-corrected chi connectivity index (χ0v) is 13.1. The fourth-order valence-corrected chi connectivity index (χ4v) is 3.15. The summed E-state index contributed by atoms with van der Waals surface area (Å²) in [5.74, 6) is 2.48. The number of anilines is 1. The van der Waals surface area contributed by atoms with E-state index in [1.165, 1.54) is 32.5 Å². The third-order valence-electron chi connectivity index (χ3n) is 4.12. The van der Waals surface area contributed by atoms with Crippen LogP contribution >= 0.6 is 0 Å². The molecule has 1 aromatic carbocycles. The van der Waals surface area contributed by atoms with Crippen molar-refractivity contribution >= 4 is 5.69 Å². The standard InChI is InChI=1S/C17H26N2O2/c1-13(2)12-19-7-5-14(6-8-19)18-15-3-4-16-17(11-15)21-10-9-20-16/h3-4,11,13-14,18H,5-10,12H2,1-2H3. The molecule has 116 valence electrons. The second-order valence-electron chi connectivity index (χ2n) is 6.47. The lowest BCUT2D eigenvalue weighted by molar-refractivity contribution is 0.171. The number of hydrogen-bond donors (Lipinski definition) is 1. The first-order chi connectivity index (χ1) is 10.2. The summed E-state index contributed by atoms with van der Waals surface area (Å²) in [5, 5.41) is 3.64. The zero-order valence-electron chi connectivity index (χ0n) is 13.1. The molecule has 0 aliphatic carbocycles. The van der Waals surface area contributed by atoms with Crippen molar-refractivity contribution in [3.8, 4) is 11.5 Å². The van der Waals surface area contributed by atoms with Crippen LogP contribution in [0.15, 0.2) is 18.2 Å². The fourth-order valence-electron chi connectivity index (χ4n) is 3.15. The minimum Gasteiger partial charge on any atom is -0.486 e. The molecule has 0 amide bonds. The summed E-state index contributed by atoms with van der Waals surface area (Å²) in [6.07, 6.45) is 2.42. The number of piperidine rings is 1. The average Bonchev–Trinajstić information content (AvgIpc) is 2.49. The maximum atomic E-state index is 5.64. The van der Waals surface area contributed by atoms with Crippen molar-refractivity contribution in [1.82, 2.24) is 4.90 Å². The van der Waals surface area contributed by atoms with Crippen molar-refractivity contribution in [2.75, 3.05) is 38.2 Å². The Hall–Kier alpha value is -1.42. The van der Waals surface area contributed by atoms with Crippen molar-refractivity contribution in [2.45, 2.75) is 32.7 Å². The summed E-state index contributed by atoms with van der Waals surface area (Å²) >= 11 is 0. The van der Waals surface area contributed by atoms with E-state index in [2.05, 4.69) is 36.2 Å². The molecule has 2 aliphatic rings. The molecule has 0 unspecified atom stereocenters. The number of rotatable bonds is 4. The maximum absolute atomic E-state index is 5.64. The molecule has 21 heavy (non-hydrogen) atoms. The van der Waals surface area contributed by atoms with Gasteiger partial charge in [-0.3, -0.25) is 0 Å². The summed E-state index contributed by atoms with van der Waals surface area (Å²) in [4.78, 5) is 2.58. The number of ether oxygens (including phenoxy) is 2. The van der Waals surface area contributed by atoms with Crippen molar-refractivity contribution in [2.24, 2.45) is 5.92 Å². The molecule has 0 radical (unpaired) electrons. The lowest BCUT2D eigenvalue weighted by atomic mass is 10.0. The molecule has 1 aromatic rings. The van der Waals surface area contributed by atoms with Crippen LogP contribution in [0.5, 0.6) is 11.5 Å². The molecule has 1 N–H and O–H groups in total. The van der Waals surface area contributed by atoms with Crippen LogP contribution in [0.3, 0.4) is 0 Å². The molecule has 0 saturated carbocycles. The molecule has 0 aromatic heterocycles. The van der Waals surface area contributed by atoms with Crippen LogP contribution in [0.1, 0.15) is 26.7 Å². The quantitative estimate of drug-likeness (QED) is 0.924. The molecule has 3 rings (SSSR count). The van der Waals surface area contributed by atoms with E-state index < -0.39 is 0 Å². The Morgan fingerprint density at radius 1 is 1.14 bits per heavy atom. The van der Waals surface area contributed by atoms with Crippen LogP contribution in [0.4, 0.5) is 5.69 Å². The van der Waals surface area contributed by atoms with Gasteiger partial charge in [-0.15, -0.1) is 0 Å². The first kappa shape index (κ1) is 14.5. The Balaban J connectivity index is 1.53. The smallest absolute Gasteiger partial charge is 0.163 e. The van der Waals surface area contributed by atoms with Gasteiger partial charge < -0.3 is 19.7 Å². The van der Waals surface area contributed by atoms with Gasteiger partial charge in [-0.2, -0.15) is 0 Å². The predicted molar refractivity (Wildman–Crippen MR) is 85.4 cm³/mol. The summed E-state index contributed by atoms with van der Waals surface area (Å²) in [6, 6.07) is 6.73. The van der Waals surface area contributed by atoms with E-state index in [0.29, 0.717) is 19.3 Å². The highest BCUT2D eigenvalue weighted by Crippen LogP contribution is 2.33. The molecule has 1 fully saturated rings. The minimum atomic E-state index is 0.566. The van der Waals surface area contributed by atoms with Gasteiger partial charge in [0.15, 0.2) is 11.5 Å². The van der Waals surface area contributed by atoms with Gasteiger partial charge in [0, 0.05) is 37.4 Å². The van der Waals surface area contributed by atoms with Crippen LogP contribution in [0.2, 0.25) is 0 Å². The minimum absolute atomic E-state index is 0.566. The van der Waals surface area contributed by atoms with E-state index in [-0.39, 0.29) is 0 Å². The van der Waals surface area contributed by atoms with Gasteiger partial charge >= 0.3 is 0 Å². The van der Waals surface area contributed by atoms with E-state index >= 15 is 0 Å². The molecular formula is C17H26N2O2. The molecule has 4 heteroatoms. The van der Waals surface area contributed by atoms with Crippen LogP contribution in [0.25, 0.3) is 0 Å². The van der Waals surface area contributed by atoms with Gasteiger partial charge in [0.25, 0.3) is 0 Å². The second-order valence-corrected chi connectivity index (χ2v) is 6.47. The van der Waals surface area contributed by atoms with E-state index in [1.807, 2.05) is 6.07 Å². The highest BCUT2D eigenvalue weighted by molar-refractivity contribution is 5.55. The topological polar surface area (TPSA) is 33.7 Å². The Morgan fingerprint density at radius 3 is 2.57 bits per heavy atom. The Bertz CT molecular complexity index is 468. The molecule has 0 spiro atoms. The normalized spacial score (nSPS) is 19.8. The van der Waals surface area contributed by atoms with Gasteiger partial charge in [-0.1, -0.05) is 13.8 Å². The highest BCUT2D eigenvalue weighted by Gasteiger charge is 2.20.